The van der Waals surface area contributed by atoms with E-state index in [2.05, 4.69) is 22.8 Å². The molecular formula is C22H20Cl2N2O. The molecule has 1 amide bonds. The van der Waals surface area contributed by atoms with Gasteiger partial charge >= 0.3 is 0 Å². The number of rotatable bonds is 3. The Balaban J connectivity index is 0.00000210. The average molecular weight is 399 g/mol. The Morgan fingerprint density at radius 3 is 2.26 bits per heavy atom. The molecule has 0 aliphatic carbocycles. The maximum absolute atomic E-state index is 12.5. The Labute approximate surface area is 170 Å². The number of anilines is 1. The van der Waals surface area contributed by atoms with Gasteiger partial charge in [0.25, 0.3) is 5.91 Å². The summed E-state index contributed by atoms with van der Waals surface area (Å²) in [5, 5.41) is 7.06. The van der Waals surface area contributed by atoms with Crippen molar-refractivity contribution in [1.29, 1.82) is 0 Å². The van der Waals surface area contributed by atoms with Crippen LogP contribution in [0.1, 0.15) is 21.5 Å². The van der Waals surface area contributed by atoms with Gasteiger partial charge in [-0.2, -0.15) is 0 Å². The SMILES string of the molecule is Cl.O=C(Nc1ccc2c(c1)CNCC2)c1ccc(-c2ccc(Cl)cc2)cc1. The van der Waals surface area contributed by atoms with Crippen LogP contribution in [0.5, 0.6) is 0 Å². The number of benzene rings is 3. The molecule has 0 aromatic heterocycles. The second-order valence-corrected chi connectivity index (χ2v) is 6.89. The molecule has 0 fully saturated rings. The molecule has 0 unspecified atom stereocenters. The van der Waals surface area contributed by atoms with Crippen molar-refractivity contribution in [2.75, 3.05) is 11.9 Å². The molecule has 0 saturated carbocycles. The molecule has 5 heteroatoms. The Kier molecular flexibility index (Phi) is 6.17. The fourth-order valence-electron chi connectivity index (χ4n) is 3.22. The van der Waals surface area contributed by atoms with E-state index in [-0.39, 0.29) is 18.3 Å². The smallest absolute Gasteiger partial charge is 0.255 e. The zero-order valence-electron chi connectivity index (χ0n) is 14.7. The minimum absolute atomic E-state index is 0. The van der Waals surface area contributed by atoms with Crippen molar-refractivity contribution in [3.63, 3.8) is 0 Å². The van der Waals surface area contributed by atoms with Gasteiger partial charge in [0, 0.05) is 22.8 Å². The first-order valence-corrected chi connectivity index (χ1v) is 9.07. The summed E-state index contributed by atoms with van der Waals surface area (Å²) < 4.78 is 0. The average Bonchev–Trinajstić information content (AvgIpc) is 2.68. The van der Waals surface area contributed by atoms with E-state index >= 15 is 0 Å². The summed E-state index contributed by atoms with van der Waals surface area (Å²) in [7, 11) is 0. The van der Waals surface area contributed by atoms with Gasteiger partial charge in [0.2, 0.25) is 0 Å². The van der Waals surface area contributed by atoms with Crippen molar-refractivity contribution in [2.24, 2.45) is 0 Å². The van der Waals surface area contributed by atoms with E-state index in [1.165, 1.54) is 11.1 Å². The molecule has 1 aliphatic heterocycles. The standard InChI is InChI=1S/C22H19ClN2O.ClH/c23-20-8-5-16(6-9-20)15-1-3-18(4-2-15)22(26)25-21-10-7-17-11-12-24-14-19(17)13-21;/h1-10,13,24H,11-12,14H2,(H,25,26);1H. The maximum atomic E-state index is 12.5. The summed E-state index contributed by atoms with van der Waals surface area (Å²) in [5.41, 5.74) is 6.21. The van der Waals surface area contributed by atoms with Crippen LogP contribution in [-0.4, -0.2) is 12.5 Å². The first-order valence-electron chi connectivity index (χ1n) is 8.69. The van der Waals surface area contributed by atoms with Crippen LogP contribution in [0.3, 0.4) is 0 Å². The highest BCUT2D eigenvalue weighted by molar-refractivity contribution is 6.30. The van der Waals surface area contributed by atoms with Crippen LogP contribution in [-0.2, 0) is 13.0 Å². The van der Waals surface area contributed by atoms with Crippen LogP contribution in [0.4, 0.5) is 5.69 Å². The zero-order valence-corrected chi connectivity index (χ0v) is 16.2. The van der Waals surface area contributed by atoms with Crippen molar-refractivity contribution in [1.82, 2.24) is 5.32 Å². The fourth-order valence-corrected chi connectivity index (χ4v) is 3.34. The van der Waals surface area contributed by atoms with Gasteiger partial charge in [-0.3, -0.25) is 4.79 Å². The molecule has 0 bridgehead atoms. The van der Waals surface area contributed by atoms with Gasteiger partial charge in [-0.15, -0.1) is 12.4 Å². The minimum atomic E-state index is -0.101. The summed E-state index contributed by atoms with van der Waals surface area (Å²) in [6.07, 6.45) is 1.04. The van der Waals surface area contributed by atoms with E-state index < -0.39 is 0 Å². The molecule has 2 N–H and O–H groups in total. The van der Waals surface area contributed by atoms with Crippen molar-refractivity contribution >= 4 is 35.6 Å². The summed E-state index contributed by atoms with van der Waals surface area (Å²) in [4.78, 5) is 12.5. The quantitative estimate of drug-likeness (QED) is 0.625. The Morgan fingerprint density at radius 1 is 0.889 bits per heavy atom. The van der Waals surface area contributed by atoms with Crippen molar-refractivity contribution in [3.05, 3.63) is 88.4 Å². The third-order valence-electron chi connectivity index (χ3n) is 4.68. The van der Waals surface area contributed by atoms with Crippen LogP contribution >= 0.6 is 24.0 Å². The van der Waals surface area contributed by atoms with Gasteiger partial charge in [-0.1, -0.05) is 41.9 Å². The van der Waals surface area contributed by atoms with E-state index in [9.17, 15) is 4.79 Å². The zero-order chi connectivity index (χ0) is 17.9. The molecule has 0 saturated heterocycles. The second-order valence-electron chi connectivity index (χ2n) is 6.45. The lowest BCUT2D eigenvalue weighted by Crippen LogP contribution is -2.23. The second kappa shape index (κ2) is 8.57. The molecule has 1 heterocycles. The van der Waals surface area contributed by atoms with E-state index in [1.54, 1.807) is 0 Å². The monoisotopic (exact) mass is 398 g/mol. The van der Waals surface area contributed by atoms with Gasteiger partial charge in [-0.25, -0.2) is 0 Å². The van der Waals surface area contributed by atoms with Crippen LogP contribution in [0.2, 0.25) is 5.02 Å². The van der Waals surface area contributed by atoms with Gasteiger partial charge in [0.1, 0.15) is 0 Å². The van der Waals surface area contributed by atoms with Crippen LogP contribution in [0.15, 0.2) is 66.7 Å². The number of fused-ring (bicyclic) bond motifs is 1. The topological polar surface area (TPSA) is 41.1 Å². The summed E-state index contributed by atoms with van der Waals surface area (Å²) >= 11 is 5.93. The van der Waals surface area contributed by atoms with Gasteiger partial charge < -0.3 is 10.6 Å². The molecule has 4 rings (SSSR count). The van der Waals surface area contributed by atoms with E-state index in [4.69, 9.17) is 11.6 Å². The van der Waals surface area contributed by atoms with Gasteiger partial charge in [0.05, 0.1) is 0 Å². The van der Waals surface area contributed by atoms with Crippen molar-refractivity contribution < 1.29 is 4.79 Å². The highest BCUT2D eigenvalue weighted by Gasteiger charge is 2.11. The fraction of sp³-hybridized carbons (Fsp3) is 0.136. The van der Waals surface area contributed by atoms with Crippen LogP contribution in [0, 0.1) is 0 Å². The number of halogens is 2. The van der Waals surface area contributed by atoms with E-state index in [0.29, 0.717) is 10.6 Å². The highest BCUT2D eigenvalue weighted by atomic mass is 35.5. The molecule has 0 radical (unpaired) electrons. The Bertz CT molecular complexity index is 938. The molecule has 138 valence electrons. The van der Waals surface area contributed by atoms with Crippen LogP contribution < -0.4 is 10.6 Å². The summed E-state index contributed by atoms with van der Waals surface area (Å²) in [6.45, 7) is 1.87. The first-order chi connectivity index (χ1) is 12.7. The largest absolute Gasteiger partial charge is 0.322 e. The Morgan fingerprint density at radius 2 is 1.56 bits per heavy atom. The molecule has 0 atom stereocenters. The summed E-state index contributed by atoms with van der Waals surface area (Å²) in [6, 6.07) is 21.4. The predicted molar refractivity (Wildman–Crippen MR) is 114 cm³/mol. The lowest BCUT2D eigenvalue weighted by atomic mass is 10.0. The third-order valence-corrected chi connectivity index (χ3v) is 4.93. The van der Waals surface area contributed by atoms with Gasteiger partial charge in [0.15, 0.2) is 0 Å². The van der Waals surface area contributed by atoms with Crippen molar-refractivity contribution in [2.45, 2.75) is 13.0 Å². The number of amides is 1. The normalized spacial score (nSPS) is 12.6. The molecule has 3 aromatic carbocycles. The van der Waals surface area contributed by atoms with E-state index in [1.807, 2.05) is 54.6 Å². The minimum Gasteiger partial charge on any atom is -0.322 e. The number of carbonyl (C=O) groups is 1. The van der Waals surface area contributed by atoms with Crippen molar-refractivity contribution in [3.8, 4) is 11.1 Å². The van der Waals surface area contributed by atoms with Crippen LogP contribution in [0.25, 0.3) is 11.1 Å². The number of hydrogen-bond donors (Lipinski definition) is 2. The van der Waals surface area contributed by atoms with E-state index in [0.717, 1.165) is 36.3 Å². The number of nitrogens with one attached hydrogen (secondary N) is 2. The molecule has 3 nitrogen and oxygen atoms in total. The molecule has 27 heavy (non-hydrogen) atoms. The number of hydrogen-bond acceptors (Lipinski definition) is 2. The first kappa shape index (κ1) is 19.4. The third kappa shape index (κ3) is 4.51. The highest BCUT2D eigenvalue weighted by Crippen LogP contribution is 2.23. The lowest BCUT2D eigenvalue weighted by molar-refractivity contribution is 0.102. The maximum Gasteiger partial charge on any atom is 0.255 e. The molecule has 0 spiro atoms. The molecular weight excluding hydrogens is 379 g/mol. The Hall–Kier alpha value is -2.33. The molecule has 3 aromatic rings. The summed E-state index contributed by atoms with van der Waals surface area (Å²) in [5.74, 6) is -0.101. The predicted octanol–water partition coefficient (Wildman–Crippen LogP) is 5.33. The number of carbonyl (C=O) groups excluding carboxylic acids is 1. The molecule has 1 aliphatic rings. The lowest BCUT2D eigenvalue weighted by Gasteiger charge is -2.18. The van der Waals surface area contributed by atoms with Gasteiger partial charge in [-0.05, 0) is 71.6 Å².